The zero-order valence-corrected chi connectivity index (χ0v) is 13.1. The van der Waals surface area contributed by atoms with Gasteiger partial charge in [-0.15, -0.1) is 0 Å². The van der Waals surface area contributed by atoms with Crippen molar-refractivity contribution in [1.82, 2.24) is 10.3 Å². The third-order valence-electron chi connectivity index (χ3n) is 3.75. The predicted molar refractivity (Wildman–Crippen MR) is 87.1 cm³/mol. The average molecular weight is 349 g/mol. The number of hydrogen-bond donors (Lipinski definition) is 2. The van der Waals surface area contributed by atoms with E-state index in [0.29, 0.717) is 23.7 Å². The van der Waals surface area contributed by atoms with Crippen molar-refractivity contribution in [3.63, 3.8) is 0 Å². The highest BCUT2D eigenvalue weighted by molar-refractivity contribution is 6.31. The van der Waals surface area contributed by atoms with Crippen molar-refractivity contribution in [1.29, 1.82) is 0 Å². The summed E-state index contributed by atoms with van der Waals surface area (Å²) < 4.78 is 0. The minimum absolute atomic E-state index is 0.0377. The van der Waals surface area contributed by atoms with Gasteiger partial charge in [0, 0.05) is 23.3 Å². The highest BCUT2D eigenvalue weighted by Gasteiger charge is 2.34. The van der Waals surface area contributed by atoms with Crippen molar-refractivity contribution in [3.05, 3.63) is 57.4 Å². The Kier molecular flexibility index (Phi) is 4.22. The summed E-state index contributed by atoms with van der Waals surface area (Å²) in [6.45, 7) is 0.453. The second-order valence-corrected chi connectivity index (χ2v) is 5.75. The molecule has 1 saturated heterocycles. The number of hydrogen-bond acceptors (Lipinski definition) is 4. The van der Waals surface area contributed by atoms with Crippen molar-refractivity contribution in [3.8, 4) is 0 Å². The van der Waals surface area contributed by atoms with Crippen LogP contribution in [0.5, 0.6) is 0 Å². The van der Waals surface area contributed by atoms with Crippen LogP contribution in [0.25, 0.3) is 0 Å². The number of benzene rings is 1. The van der Waals surface area contributed by atoms with Gasteiger partial charge in [-0.05, 0) is 24.6 Å². The quantitative estimate of drug-likeness (QED) is 0.651. The number of halogens is 1. The number of aromatic amines is 1. The summed E-state index contributed by atoms with van der Waals surface area (Å²) in [6, 6.07) is 7.35. The van der Waals surface area contributed by atoms with E-state index in [1.807, 2.05) is 0 Å². The summed E-state index contributed by atoms with van der Waals surface area (Å²) >= 11 is 5.93. The summed E-state index contributed by atoms with van der Waals surface area (Å²) in [4.78, 5) is 38.7. The molecular formula is C15H13ClN4O4. The second-order valence-electron chi connectivity index (χ2n) is 5.31. The van der Waals surface area contributed by atoms with Crippen LogP contribution in [-0.4, -0.2) is 34.3 Å². The second kappa shape index (κ2) is 6.32. The number of aromatic nitrogens is 1. The van der Waals surface area contributed by atoms with E-state index in [1.165, 1.54) is 0 Å². The molecule has 0 saturated carbocycles. The smallest absolute Gasteiger partial charge is 0.287 e. The SMILES string of the molecule is O=C(NC1CCN(c2cccc(Cl)c2)C1=O)c1cc([N+](=O)[O-])c[nH]1. The van der Waals surface area contributed by atoms with E-state index < -0.39 is 16.9 Å². The summed E-state index contributed by atoms with van der Waals surface area (Å²) in [6.07, 6.45) is 1.57. The van der Waals surface area contributed by atoms with E-state index in [9.17, 15) is 19.7 Å². The monoisotopic (exact) mass is 348 g/mol. The molecule has 1 aliphatic rings. The first kappa shape index (κ1) is 16.0. The molecule has 1 atom stereocenters. The Morgan fingerprint density at radius 1 is 1.42 bits per heavy atom. The lowest BCUT2D eigenvalue weighted by atomic mass is 10.2. The van der Waals surface area contributed by atoms with Gasteiger partial charge in [-0.3, -0.25) is 19.7 Å². The van der Waals surface area contributed by atoms with Crippen molar-refractivity contribution in [2.24, 2.45) is 0 Å². The predicted octanol–water partition coefficient (Wildman–Crippen LogP) is 2.11. The molecule has 0 aliphatic carbocycles. The lowest BCUT2D eigenvalue weighted by Crippen LogP contribution is -2.41. The molecule has 0 bridgehead atoms. The van der Waals surface area contributed by atoms with Gasteiger partial charge in [-0.25, -0.2) is 0 Å². The van der Waals surface area contributed by atoms with Crippen LogP contribution in [0.4, 0.5) is 11.4 Å². The maximum Gasteiger partial charge on any atom is 0.287 e. The molecule has 1 aromatic heterocycles. The fourth-order valence-electron chi connectivity index (χ4n) is 2.57. The van der Waals surface area contributed by atoms with Gasteiger partial charge < -0.3 is 15.2 Å². The Bertz CT molecular complexity index is 819. The average Bonchev–Trinajstić information content (AvgIpc) is 3.15. The molecule has 1 aromatic carbocycles. The summed E-state index contributed by atoms with van der Waals surface area (Å²) in [7, 11) is 0. The first-order valence-corrected chi connectivity index (χ1v) is 7.54. The van der Waals surface area contributed by atoms with Crippen LogP contribution >= 0.6 is 11.6 Å². The van der Waals surface area contributed by atoms with E-state index in [1.54, 1.807) is 29.2 Å². The topological polar surface area (TPSA) is 108 Å². The van der Waals surface area contributed by atoms with Crippen LogP contribution in [0.1, 0.15) is 16.9 Å². The van der Waals surface area contributed by atoms with Crippen LogP contribution in [0.3, 0.4) is 0 Å². The lowest BCUT2D eigenvalue weighted by Gasteiger charge is -2.17. The number of amides is 2. The first-order valence-electron chi connectivity index (χ1n) is 7.16. The Labute approximate surface area is 141 Å². The van der Waals surface area contributed by atoms with E-state index >= 15 is 0 Å². The molecule has 2 amide bonds. The third kappa shape index (κ3) is 3.09. The molecule has 24 heavy (non-hydrogen) atoms. The normalized spacial score (nSPS) is 17.1. The van der Waals surface area contributed by atoms with Crippen molar-refractivity contribution in [2.75, 3.05) is 11.4 Å². The number of carbonyl (C=O) groups excluding carboxylic acids is 2. The van der Waals surface area contributed by atoms with Gasteiger partial charge in [0.05, 0.1) is 11.1 Å². The molecule has 124 valence electrons. The zero-order valence-electron chi connectivity index (χ0n) is 12.4. The number of nitro groups is 1. The highest BCUT2D eigenvalue weighted by Crippen LogP contribution is 2.24. The summed E-state index contributed by atoms with van der Waals surface area (Å²) in [5, 5.41) is 13.8. The van der Waals surface area contributed by atoms with Crippen molar-refractivity contribution in [2.45, 2.75) is 12.5 Å². The number of H-pyrrole nitrogens is 1. The standard InChI is InChI=1S/C15H13ClN4O4/c16-9-2-1-3-10(6-9)19-5-4-12(15(19)22)18-14(21)13-7-11(8-17-13)20(23)24/h1-3,6-8,12,17H,4-5H2,(H,18,21). The maximum absolute atomic E-state index is 12.4. The summed E-state index contributed by atoms with van der Waals surface area (Å²) in [5.74, 6) is -0.805. The van der Waals surface area contributed by atoms with Crippen LogP contribution in [0.15, 0.2) is 36.5 Å². The summed E-state index contributed by atoms with van der Waals surface area (Å²) in [5.41, 5.74) is 0.494. The Morgan fingerprint density at radius 3 is 2.88 bits per heavy atom. The zero-order chi connectivity index (χ0) is 17.3. The van der Waals surface area contributed by atoms with Crippen LogP contribution in [0.2, 0.25) is 5.02 Å². The fraction of sp³-hybridized carbons (Fsp3) is 0.200. The molecule has 1 unspecified atom stereocenters. The first-order chi connectivity index (χ1) is 11.5. The molecule has 3 rings (SSSR count). The van der Waals surface area contributed by atoms with Gasteiger partial charge in [0.15, 0.2) is 0 Å². The van der Waals surface area contributed by atoms with Crippen molar-refractivity contribution < 1.29 is 14.5 Å². The van der Waals surface area contributed by atoms with Crippen LogP contribution < -0.4 is 10.2 Å². The largest absolute Gasteiger partial charge is 0.351 e. The van der Waals surface area contributed by atoms with Crippen molar-refractivity contribution >= 4 is 34.8 Å². The van der Waals surface area contributed by atoms with Crippen LogP contribution in [0, 0.1) is 10.1 Å². The number of nitrogens with zero attached hydrogens (tertiary/aromatic N) is 2. The molecule has 0 radical (unpaired) electrons. The number of carbonyl (C=O) groups is 2. The Hall–Kier alpha value is -2.87. The molecule has 1 fully saturated rings. The number of anilines is 1. The van der Waals surface area contributed by atoms with E-state index in [-0.39, 0.29) is 17.3 Å². The van der Waals surface area contributed by atoms with E-state index in [2.05, 4.69) is 10.3 Å². The highest BCUT2D eigenvalue weighted by atomic mass is 35.5. The molecule has 2 N–H and O–H groups in total. The molecule has 0 spiro atoms. The molecule has 1 aliphatic heterocycles. The Morgan fingerprint density at radius 2 is 2.21 bits per heavy atom. The third-order valence-corrected chi connectivity index (χ3v) is 3.99. The minimum atomic E-state index is -0.682. The molecule has 8 nitrogen and oxygen atoms in total. The van der Waals surface area contributed by atoms with Gasteiger partial charge in [0.1, 0.15) is 11.7 Å². The van der Waals surface area contributed by atoms with Crippen LogP contribution in [-0.2, 0) is 4.79 Å². The minimum Gasteiger partial charge on any atom is -0.351 e. The van der Waals surface area contributed by atoms with Gasteiger partial charge in [0.2, 0.25) is 5.91 Å². The number of nitrogens with one attached hydrogen (secondary N) is 2. The molecule has 2 heterocycles. The maximum atomic E-state index is 12.4. The van der Waals surface area contributed by atoms with Gasteiger partial charge in [0.25, 0.3) is 11.6 Å². The Balaban J connectivity index is 1.69. The molecule has 2 aromatic rings. The van der Waals surface area contributed by atoms with Gasteiger partial charge >= 0.3 is 0 Å². The molecular weight excluding hydrogens is 336 g/mol. The van der Waals surface area contributed by atoms with Gasteiger partial charge in [-0.2, -0.15) is 0 Å². The lowest BCUT2D eigenvalue weighted by molar-refractivity contribution is -0.384. The van der Waals surface area contributed by atoms with E-state index in [0.717, 1.165) is 12.3 Å². The number of rotatable bonds is 4. The molecule has 9 heteroatoms. The van der Waals surface area contributed by atoms with Gasteiger partial charge in [-0.1, -0.05) is 17.7 Å². The fourth-order valence-corrected chi connectivity index (χ4v) is 2.75. The van der Waals surface area contributed by atoms with E-state index in [4.69, 9.17) is 11.6 Å².